The van der Waals surface area contributed by atoms with Crippen molar-refractivity contribution in [1.29, 1.82) is 0 Å². The van der Waals surface area contributed by atoms with Crippen LogP contribution in [0.4, 0.5) is 4.79 Å². The Morgan fingerprint density at radius 3 is 2.86 bits per heavy atom. The number of hydrogen-bond acceptors (Lipinski definition) is 3. The molecule has 1 fully saturated rings. The van der Waals surface area contributed by atoms with Gasteiger partial charge >= 0.3 is 6.03 Å². The van der Waals surface area contributed by atoms with Gasteiger partial charge in [-0.05, 0) is 13.8 Å². The van der Waals surface area contributed by atoms with Crippen LogP contribution in [-0.4, -0.2) is 49.3 Å². The Morgan fingerprint density at radius 1 is 1.71 bits per heavy atom. The molecule has 1 heterocycles. The predicted octanol–water partition coefficient (Wildman–Crippen LogP) is -0.236. The Hall–Kier alpha value is -0.810. The molecule has 82 valence electrons. The zero-order valence-corrected chi connectivity index (χ0v) is 9.04. The quantitative estimate of drug-likeness (QED) is 0.615. The molecule has 1 saturated heterocycles. The summed E-state index contributed by atoms with van der Waals surface area (Å²) in [6.07, 6.45) is -0.0592. The Labute approximate surface area is 84.6 Å². The van der Waals surface area contributed by atoms with Gasteiger partial charge in [0.15, 0.2) is 0 Å². The molecular formula is C9H19N3O2. The number of rotatable bonds is 1. The maximum Gasteiger partial charge on any atom is 0.317 e. The number of carbonyl (C=O) groups is 1. The first-order valence-corrected chi connectivity index (χ1v) is 4.83. The van der Waals surface area contributed by atoms with Crippen LogP contribution in [0.2, 0.25) is 0 Å². The summed E-state index contributed by atoms with van der Waals surface area (Å²) in [6, 6.07) is -0.0696. The highest BCUT2D eigenvalue weighted by molar-refractivity contribution is 5.74. The fraction of sp³-hybridized carbons (Fsp3) is 0.889. The summed E-state index contributed by atoms with van der Waals surface area (Å²) < 4.78 is 5.70. The number of nitrogens with zero attached hydrogens (tertiary/aromatic N) is 1. The number of nitrogens with two attached hydrogens (primary N) is 1. The largest absolute Gasteiger partial charge is 0.367 e. The lowest BCUT2D eigenvalue weighted by atomic mass is 10.1. The molecule has 1 unspecified atom stereocenters. The standard InChI is InChI=1S/C9H19N3O2/c1-9(2)6-12(8(13)11-3)5-7(4-10)14-9/h7H,4-6,10H2,1-3H3,(H,11,13). The minimum absolute atomic E-state index is 0.0592. The number of morpholine rings is 1. The lowest BCUT2D eigenvalue weighted by Crippen LogP contribution is -2.58. The molecule has 0 aromatic rings. The summed E-state index contributed by atoms with van der Waals surface area (Å²) in [6.45, 7) is 5.54. The third kappa shape index (κ3) is 2.59. The fourth-order valence-corrected chi connectivity index (χ4v) is 1.73. The molecule has 1 rings (SSSR count). The summed E-state index contributed by atoms with van der Waals surface area (Å²) >= 11 is 0. The van der Waals surface area contributed by atoms with E-state index in [0.717, 1.165) is 0 Å². The van der Waals surface area contributed by atoms with E-state index in [2.05, 4.69) is 5.32 Å². The van der Waals surface area contributed by atoms with Crippen LogP contribution >= 0.6 is 0 Å². The van der Waals surface area contributed by atoms with E-state index in [1.165, 1.54) is 0 Å². The SMILES string of the molecule is CNC(=O)N1CC(CN)OC(C)(C)C1. The smallest absolute Gasteiger partial charge is 0.317 e. The van der Waals surface area contributed by atoms with Crippen LogP contribution in [0.5, 0.6) is 0 Å². The van der Waals surface area contributed by atoms with Crippen molar-refractivity contribution in [3.8, 4) is 0 Å². The third-order valence-corrected chi connectivity index (χ3v) is 2.25. The van der Waals surface area contributed by atoms with Crippen LogP contribution in [0.25, 0.3) is 0 Å². The molecule has 1 aliphatic rings. The number of amides is 2. The Balaban J connectivity index is 2.65. The van der Waals surface area contributed by atoms with Gasteiger partial charge in [0.2, 0.25) is 0 Å². The summed E-state index contributed by atoms with van der Waals surface area (Å²) in [4.78, 5) is 13.2. The molecule has 0 aromatic heterocycles. The molecule has 0 aliphatic carbocycles. The van der Waals surface area contributed by atoms with E-state index in [1.54, 1.807) is 11.9 Å². The predicted molar refractivity (Wildman–Crippen MR) is 54.0 cm³/mol. The molecule has 0 spiro atoms. The maximum absolute atomic E-state index is 11.4. The minimum atomic E-state index is -0.311. The molecule has 5 heteroatoms. The van der Waals surface area contributed by atoms with Crippen LogP contribution in [0.15, 0.2) is 0 Å². The van der Waals surface area contributed by atoms with Gasteiger partial charge in [0.05, 0.1) is 18.2 Å². The number of nitrogens with one attached hydrogen (secondary N) is 1. The van der Waals surface area contributed by atoms with Gasteiger partial charge in [-0.2, -0.15) is 0 Å². The number of carbonyl (C=O) groups excluding carboxylic acids is 1. The van der Waals surface area contributed by atoms with Crippen LogP contribution in [0.3, 0.4) is 0 Å². The number of ether oxygens (including phenoxy) is 1. The Morgan fingerprint density at radius 2 is 2.36 bits per heavy atom. The van der Waals surface area contributed by atoms with Crippen molar-refractivity contribution in [3.63, 3.8) is 0 Å². The van der Waals surface area contributed by atoms with E-state index in [-0.39, 0.29) is 17.7 Å². The molecule has 0 aromatic carbocycles. The molecule has 2 amide bonds. The van der Waals surface area contributed by atoms with Crippen LogP contribution in [0, 0.1) is 0 Å². The minimum Gasteiger partial charge on any atom is -0.367 e. The van der Waals surface area contributed by atoms with Crippen LogP contribution < -0.4 is 11.1 Å². The zero-order valence-electron chi connectivity index (χ0n) is 9.04. The van der Waals surface area contributed by atoms with E-state index < -0.39 is 0 Å². The fourth-order valence-electron chi connectivity index (χ4n) is 1.73. The van der Waals surface area contributed by atoms with E-state index in [4.69, 9.17) is 10.5 Å². The van der Waals surface area contributed by atoms with Gasteiger partial charge in [0.1, 0.15) is 0 Å². The second-order valence-electron chi connectivity index (χ2n) is 4.17. The first kappa shape index (κ1) is 11.3. The summed E-state index contributed by atoms with van der Waals surface area (Å²) in [5.74, 6) is 0. The molecule has 5 nitrogen and oxygen atoms in total. The van der Waals surface area contributed by atoms with E-state index in [9.17, 15) is 4.79 Å². The first-order chi connectivity index (χ1) is 6.48. The van der Waals surface area contributed by atoms with Crippen molar-refractivity contribution < 1.29 is 9.53 Å². The normalized spacial score (nSPS) is 26.0. The average molecular weight is 201 g/mol. The first-order valence-electron chi connectivity index (χ1n) is 4.83. The second kappa shape index (κ2) is 4.14. The van der Waals surface area contributed by atoms with E-state index >= 15 is 0 Å². The van der Waals surface area contributed by atoms with Crippen molar-refractivity contribution in [2.45, 2.75) is 25.6 Å². The van der Waals surface area contributed by atoms with Gasteiger partial charge in [-0.1, -0.05) is 0 Å². The molecule has 1 aliphatic heterocycles. The van der Waals surface area contributed by atoms with Crippen molar-refractivity contribution in [1.82, 2.24) is 10.2 Å². The summed E-state index contributed by atoms with van der Waals surface area (Å²) in [7, 11) is 1.63. The average Bonchev–Trinajstić information content (AvgIpc) is 2.14. The highest BCUT2D eigenvalue weighted by Gasteiger charge is 2.34. The second-order valence-corrected chi connectivity index (χ2v) is 4.17. The van der Waals surface area contributed by atoms with Crippen molar-refractivity contribution in [2.24, 2.45) is 5.73 Å². The van der Waals surface area contributed by atoms with Crippen molar-refractivity contribution in [2.75, 3.05) is 26.7 Å². The molecule has 0 radical (unpaired) electrons. The zero-order chi connectivity index (χ0) is 10.8. The number of hydrogen-bond donors (Lipinski definition) is 2. The molecule has 3 N–H and O–H groups in total. The van der Waals surface area contributed by atoms with E-state index in [0.29, 0.717) is 19.6 Å². The molecule has 0 bridgehead atoms. The maximum atomic E-state index is 11.4. The lowest BCUT2D eigenvalue weighted by Gasteiger charge is -2.42. The number of urea groups is 1. The summed E-state index contributed by atoms with van der Waals surface area (Å²) in [5.41, 5.74) is 5.23. The Kier molecular flexibility index (Phi) is 3.34. The van der Waals surface area contributed by atoms with Gasteiger partial charge < -0.3 is 20.7 Å². The lowest BCUT2D eigenvalue weighted by molar-refractivity contribution is -0.120. The third-order valence-electron chi connectivity index (χ3n) is 2.25. The van der Waals surface area contributed by atoms with Gasteiger partial charge in [0, 0.05) is 20.1 Å². The van der Waals surface area contributed by atoms with Crippen molar-refractivity contribution in [3.05, 3.63) is 0 Å². The Bertz CT molecular complexity index is 218. The van der Waals surface area contributed by atoms with E-state index in [1.807, 2.05) is 13.8 Å². The van der Waals surface area contributed by atoms with Gasteiger partial charge in [-0.15, -0.1) is 0 Å². The highest BCUT2D eigenvalue weighted by Crippen LogP contribution is 2.20. The van der Waals surface area contributed by atoms with Crippen LogP contribution in [-0.2, 0) is 4.74 Å². The molecule has 0 saturated carbocycles. The molecular weight excluding hydrogens is 182 g/mol. The molecule has 14 heavy (non-hydrogen) atoms. The summed E-state index contributed by atoms with van der Waals surface area (Å²) in [5, 5.41) is 2.61. The van der Waals surface area contributed by atoms with Gasteiger partial charge in [-0.3, -0.25) is 0 Å². The molecule has 1 atom stereocenters. The van der Waals surface area contributed by atoms with Crippen LogP contribution in [0.1, 0.15) is 13.8 Å². The highest BCUT2D eigenvalue weighted by atomic mass is 16.5. The van der Waals surface area contributed by atoms with Gasteiger partial charge in [-0.25, -0.2) is 4.79 Å². The van der Waals surface area contributed by atoms with Crippen molar-refractivity contribution >= 4 is 6.03 Å². The topological polar surface area (TPSA) is 67.6 Å². The monoisotopic (exact) mass is 201 g/mol. The van der Waals surface area contributed by atoms with Gasteiger partial charge in [0.25, 0.3) is 0 Å².